The number of benzene rings is 1. The Kier molecular flexibility index (Phi) is 8.22. The summed E-state index contributed by atoms with van der Waals surface area (Å²) >= 11 is 1.77. The lowest BCUT2D eigenvalue weighted by Gasteiger charge is -2.25. The third-order valence-electron chi connectivity index (χ3n) is 3.63. The fraction of sp³-hybridized carbons (Fsp3) is 0.333. The summed E-state index contributed by atoms with van der Waals surface area (Å²) < 4.78 is 0. The van der Waals surface area contributed by atoms with Crippen LogP contribution in [0.5, 0.6) is 0 Å². The average molecular weight is 454 g/mol. The third-order valence-corrected chi connectivity index (χ3v) is 4.86. The van der Waals surface area contributed by atoms with Crippen molar-refractivity contribution in [2.75, 3.05) is 13.6 Å². The summed E-state index contributed by atoms with van der Waals surface area (Å²) in [5.74, 6) is 0.761. The highest BCUT2D eigenvalue weighted by Crippen LogP contribution is 2.26. The van der Waals surface area contributed by atoms with Gasteiger partial charge in [0.15, 0.2) is 5.96 Å². The van der Waals surface area contributed by atoms with Gasteiger partial charge in [-0.3, -0.25) is 4.99 Å². The highest BCUT2D eigenvalue weighted by Gasteiger charge is 2.21. The summed E-state index contributed by atoms with van der Waals surface area (Å²) in [5, 5.41) is 17.7. The molecular formula is C18H23IN4S. The van der Waals surface area contributed by atoms with Crippen molar-refractivity contribution in [3.63, 3.8) is 0 Å². The molecule has 128 valence electrons. The van der Waals surface area contributed by atoms with E-state index < -0.39 is 0 Å². The monoisotopic (exact) mass is 454 g/mol. The van der Waals surface area contributed by atoms with E-state index in [4.69, 9.17) is 5.26 Å². The molecule has 1 aromatic carbocycles. The van der Waals surface area contributed by atoms with E-state index in [0.29, 0.717) is 12.1 Å². The first-order valence-electron chi connectivity index (χ1n) is 7.53. The van der Waals surface area contributed by atoms with E-state index >= 15 is 0 Å². The molecule has 6 heteroatoms. The van der Waals surface area contributed by atoms with Gasteiger partial charge in [-0.1, -0.05) is 32.0 Å². The maximum absolute atomic E-state index is 8.94. The zero-order valence-corrected chi connectivity index (χ0v) is 17.3. The quantitative estimate of drug-likeness (QED) is 0.410. The van der Waals surface area contributed by atoms with Gasteiger partial charge >= 0.3 is 0 Å². The number of nitrogens with one attached hydrogen (secondary N) is 2. The molecule has 2 aromatic rings. The van der Waals surface area contributed by atoms with E-state index in [1.54, 1.807) is 24.5 Å². The second-order valence-corrected chi connectivity index (χ2v) is 6.90. The number of nitrogens with zero attached hydrogens (tertiary/aromatic N) is 2. The predicted molar refractivity (Wildman–Crippen MR) is 112 cm³/mol. The zero-order valence-electron chi connectivity index (χ0n) is 14.2. The zero-order chi connectivity index (χ0) is 16.7. The first-order chi connectivity index (χ1) is 11.0. The lowest BCUT2D eigenvalue weighted by molar-refractivity contribution is 0.518. The fourth-order valence-electron chi connectivity index (χ4n) is 2.21. The van der Waals surface area contributed by atoms with Crippen molar-refractivity contribution in [3.8, 4) is 6.07 Å². The number of aliphatic imine (C=N–C) groups is 1. The maximum Gasteiger partial charge on any atom is 0.191 e. The summed E-state index contributed by atoms with van der Waals surface area (Å²) in [6, 6.07) is 14.0. The van der Waals surface area contributed by atoms with E-state index in [9.17, 15) is 0 Å². The van der Waals surface area contributed by atoms with Crippen molar-refractivity contribution in [1.29, 1.82) is 5.26 Å². The topological polar surface area (TPSA) is 60.2 Å². The van der Waals surface area contributed by atoms with E-state index in [2.05, 4.69) is 53.1 Å². The van der Waals surface area contributed by atoms with Crippen LogP contribution < -0.4 is 10.6 Å². The van der Waals surface area contributed by atoms with E-state index in [1.165, 1.54) is 4.88 Å². The molecule has 0 aliphatic rings. The molecule has 0 radical (unpaired) electrons. The van der Waals surface area contributed by atoms with Crippen LogP contribution in [-0.4, -0.2) is 19.6 Å². The van der Waals surface area contributed by atoms with Gasteiger partial charge in [0, 0.05) is 30.4 Å². The number of thiophene rings is 1. The molecule has 0 aliphatic carbocycles. The molecule has 0 unspecified atom stereocenters. The summed E-state index contributed by atoms with van der Waals surface area (Å²) in [7, 11) is 1.76. The van der Waals surface area contributed by atoms with Gasteiger partial charge < -0.3 is 10.6 Å². The Morgan fingerprint density at radius 2 is 2.04 bits per heavy atom. The first kappa shape index (κ1) is 20.5. The first-order valence-corrected chi connectivity index (χ1v) is 8.40. The summed E-state index contributed by atoms with van der Waals surface area (Å²) in [5.41, 5.74) is 1.78. The number of nitriles is 1. The molecule has 0 fully saturated rings. The second kappa shape index (κ2) is 9.64. The van der Waals surface area contributed by atoms with Gasteiger partial charge in [0.25, 0.3) is 0 Å². The number of guanidine groups is 1. The number of halogens is 1. The van der Waals surface area contributed by atoms with Gasteiger partial charge in [0.05, 0.1) is 11.6 Å². The molecule has 2 rings (SSSR count). The number of rotatable bonds is 5. The van der Waals surface area contributed by atoms with Crippen LogP contribution in [0, 0.1) is 11.3 Å². The molecule has 4 nitrogen and oxygen atoms in total. The Morgan fingerprint density at radius 1 is 1.25 bits per heavy atom. The highest BCUT2D eigenvalue weighted by molar-refractivity contribution is 14.0. The van der Waals surface area contributed by atoms with Crippen LogP contribution in [0.15, 0.2) is 46.8 Å². The van der Waals surface area contributed by atoms with Gasteiger partial charge in [-0.2, -0.15) is 5.26 Å². The molecule has 0 saturated heterocycles. The van der Waals surface area contributed by atoms with Crippen molar-refractivity contribution in [1.82, 2.24) is 10.6 Å². The van der Waals surface area contributed by atoms with Gasteiger partial charge in [0.1, 0.15) is 0 Å². The highest BCUT2D eigenvalue weighted by atomic mass is 127. The predicted octanol–water partition coefficient (Wildman–Crippen LogP) is 3.88. The SMILES string of the molecule is CN=C(NCc1cccc(C#N)c1)NCC(C)(C)c1cccs1.I. The number of hydrogen-bond acceptors (Lipinski definition) is 3. The van der Waals surface area contributed by atoms with Crippen LogP contribution in [0.3, 0.4) is 0 Å². The molecule has 0 bridgehead atoms. The Hall–Kier alpha value is -1.59. The van der Waals surface area contributed by atoms with Crippen molar-refractivity contribution >= 4 is 41.3 Å². The van der Waals surface area contributed by atoms with Gasteiger partial charge in [0.2, 0.25) is 0 Å². The third kappa shape index (κ3) is 5.80. The standard InChI is InChI=1S/C18H22N4S.HI/c1-18(2,16-8-5-9-23-16)13-22-17(20-3)21-12-15-7-4-6-14(10-15)11-19;/h4-10H,12-13H2,1-3H3,(H2,20,21,22);1H. The smallest absolute Gasteiger partial charge is 0.191 e. The molecule has 0 atom stereocenters. The van der Waals surface area contributed by atoms with E-state index in [-0.39, 0.29) is 29.4 Å². The summed E-state index contributed by atoms with van der Waals surface area (Å²) in [4.78, 5) is 5.61. The molecule has 24 heavy (non-hydrogen) atoms. The average Bonchev–Trinajstić information content (AvgIpc) is 3.10. The lowest BCUT2D eigenvalue weighted by Crippen LogP contribution is -2.42. The molecule has 2 N–H and O–H groups in total. The molecule has 0 aliphatic heterocycles. The van der Waals surface area contributed by atoms with Gasteiger partial charge in [-0.25, -0.2) is 0 Å². The Labute approximate surface area is 165 Å². The minimum atomic E-state index is 0. The van der Waals surface area contributed by atoms with E-state index in [1.807, 2.05) is 18.2 Å². The van der Waals surface area contributed by atoms with Crippen molar-refractivity contribution in [3.05, 3.63) is 57.8 Å². The van der Waals surface area contributed by atoms with Crippen LogP contribution >= 0.6 is 35.3 Å². The molecule has 0 spiro atoms. The van der Waals surface area contributed by atoms with E-state index in [0.717, 1.165) is 18.1 Å². The normalized spacial score (nSPS) is 11.3. The summed E-state index contributed by atoms with van der Waals surface area (Å²) in [6.07, 6.45) is 0. The molecule has 0 saturated carbocycles. The minimum absolute atomic E-state index is 0. The van der Waals surface area contributed by atoms with Gasteiger partial charge in [-0.05, 0) is 29.1 Å². The van der Waals surface area contributed by atoms with Crippen LogP contribution in [0.1, 0.15) is 29.9 Å². The van der Waals surface area contributed by atoms with Crippen LogP contribution in [0.25, 0.3) is 0 Å². The molecular weight excluding hydrogens is 431 g/mol. The maximum atomic E-state index is 8.94. The van der Waals surface area contributed by atoms with Crippen LogP contribution in [0.4, 0.5) is 0 Å². The molecule has 1 heterocycles. The van der Waals surface area contributed by atoms with Crippen molar-refractivity contribution in [2.24, 2.45) is 4.99 Å². The Morgan fingerprint density at radius 3 is 2.67 bits per heavy atom. The Bertz CT molecular complexity index is 702. The minimum Gasteiger partial charge on any atom is -0.356 e. The summed E-state index contributed by atoms with van der Waals surface area (Å²) in [6.45, 7) is 5.87. The van der Waals surface area contributed by atoms with Gasteiger partial charge in [-0.15, -0.1) is 35.3 Å². The van der Waals surface area contributed by atoms with Crippen molar-refractivity contribution in [2.45, 2.75) is 25.8 Å². The molecule has 1 aromatic heterocycles. The largest absolute Gasteiger partial charge is 0.356 e. The Balaban J connectivity index is 0.00000288. The fourth-order valence-corrected chi connectivity index (χ4v) is 3.06. The van der Waals surface area contributed by atoms with Crippen molar-refractivity contribution < 1.29 is 0 Å². The molecule has 0 amide bonds. The van der Waals surface area contributed by atoms with Crippen LogP contribution in [-0.2, 0) is 12.0 Å². The lowest BCUT2D eigenvalue weighted by atomic mass is 9.91. The number of hydrogen-bond donors (Lipinski definition) is 2. The van der Waals surface area contributed by atoms with Crippen LogP contribution in [0.2, 0.25) is 0 Å². The second-order valence-electron chi connectivity index (χ2n) is 5.95.